The second-order valence-electron chi connectivity index (χ2n) is 4.72. The van der Waals surface area contributed by atoms with Crippen molar-refractivity contribution in [2.24, 2.45) is 0 Å². The van der Waals surface area contributed by atoms with Crippen LogP contribution in [0.3, 0.4) is 0 Å². The third kappa shape index (κ3) is 2.74. The van der Waals surface area contributed by atoms with Crippen LogP contribution in [0.15, 0.2) is 24.4 Å². The van der Waals surface area contributed by atoms with Crippen LogP contribution in [0.2, 0.25) is 0 Å². The molecule has 0 bridgehead atoms. The SMILES string of the molecule is CSC1(CNc2nnc(-c3ccccn3)s2)CCC1. The highest BCUT2D eigenvalue weighted by atomic mass is 32.2. The molecule has 6 heteroatoms. The molecular weight excluding hydrogens is 276 g/mol. The van der Waals surface area contributed by atoms with Gasteiger partial charge in [0.2, 0.25) is 5.13 Å². The quantitative estimate of drug-likeness (QED) is 0.916. The van der Waals surface area contributed by atoms with Gasteiger partial charge < -0.3 is 5.32 Å². The van der Waals surface area contributed by atoms with Crippen LogP contribution in [0.1, 0.15) is 19.3 Å². The number of nitrogens with zero attached hydrogens (tertiary/aromatic N) is 3. The first kappa shape index (κ1) is 12.9. The van der Waals surface area contributed by atoms with Crippen LogP contribution < -0.4 is 5.32 Å². The molecule has 0 amide bonds. The molecule has 1 fully saturated rings. The van der Waals surface area contributed by atoms with Crippen molar-refractivity contribution >= 4 is 28.2 Å². The summed E-state index contributed by atoms with van der Waals surface area (Å²) in [4.78, 5) is 4.29. The molecule has 3 rings (SSSR count). The summed E-state index contributed by atoms with van der Waals surface area (Å²) in [6.45, 7) is 0.977. The molecule has 2 aromatic heterocycles. The predicted molar refractivity (Wildman–Crippen MR) is 81.7 cm³/mol. The number of thioether (sulfide) groups is 1. The van der Waals surface area contributed by atoms with Gasteiger partial charge in [0.25, 0.3) is 0 Å². The fraction of sp³-hybridized carbons (Fsp3) is 0.462. The lowest BCUT2D eigenvalue weighted by atomic mass is 9.84. The fourth-order valence-corrected chi connectivity index (χ4v) is 3.78. The molecule has 0 atom stereocenters. The molecule has 0 radical (unpaired) electrons. The highest BCUT2D eigenvalue weighted by Crippen LogP contribution is 2.42. The molecule has 1 N–H and O–H groups in total. The van der Waals surface area contributed by atoms with Crippen molar-refractivity contribution in [2.45, 2.75) is 24.0 Å². The van der Waals surface area contributed by atoms with E-state index in [9.17, 15) is 0 Å². The largest absolute Gasteiger partial charge is 0.359 e. The number of hydrogen-bond acceptors (Lipinski definition) is 6. The van der Waals surface area contributed by atoms with Crippen molar-refractivity contribution < 1.29 is 0 Å². The minimum atomic E-state index is 0.414. The molecule has 2 aromatic rings. The van der Waals surface area contributed by atoms with Gasteiger partial charge in [0.05, 0.1) is 0 Å². The van der Waals surface area contributed by atoms with Crippen LogP contribution in [0.4, 0.5) is 5.13 Å². The van der Waals surface area contributed by atoms with E-state index in [4.69, 9.17) is 0 Å². The molecule has 0 aliphatic heterocycles. The lowest BCUT2D eigenvalue weighted by Crippen LogP contribution is -2.40. The molecule has 4 nitrogen and oxygen atoms in total. The van der Waals surface area contributed by atoms with Gasteiger partial charge in [-0.05, 0) is 31.2 Å². The second kappa shape index (κ2) is 5.46. The molecule has 0 unspecified atom stereocenters. The Labute approximate surface area is 121 Å². The van der Waals surface area contributed by atoms with Crippen molar-refractivity contribution in [3.05, 3.63) is 24.4 Å². The standard InChI is InChI=1S/C13H16N4S2/c1-18-13(6-4-7-13)9-15-12-17-16-11(19-12)10-5-2-3-8-14-10/h2-3,5,8H,4,6-7,9H2,1H3,(H,15,17). The molecule has 1 aliphatic rings. The van der Waals surface area contributed by atoms with Crippen LogP contribution >= 0.6 is 23.1 Å². The van der Waals surface area contributed by atoms with Crippen molar-refractivity contribution in [1.29, 1.82) is 0 Å². The fourth-order valence-electron chi connectivity index (χ4n) is 2.15. The molecular formula is C13H16N4S2. The number of nitrogens with one attached hydrogen (secondary N) is 1. The maximum Gasteiger partial charge on any atom is 0.206 e. The number of rotatable bonds is 5. The first-order chi connectivity index (χ1) is 9.31. The first-order valence-electron chi connectivity index (χ1n) is 6.35. The molecule has 1 aliphatic carbocycles. The van der Waals surface area contributed by atoms with Crippen molar-refractivity contribution in [3.8, 4) is 10.7 Å². The van der Waals surface area contributed by atoms with Crippen LogP contribution in [0, 0.1) is 0 Å². The van der Waals surface area contributed by atoms with E-state index in [2.05, 4.69) is 26.8 Å². The Morgan fingerprint density at radius 1 is 1.37 bits per heavy atom. The third-order valence-electron chi connectivity index (χ3n) is 3.57. The van der Waals surface area contributed by atoms with Crippen molar-refractivity contribution in [2.75, 3.05) is 18.1 Å². The van der Waals surface area contributed by atoms with Gasteiger partial charge in [0.15, 0.2) is 5.01 Å². The summed E-state index contributed by atoms with van der Waals surface area (Å²) in [7, 11) is 0. The minimum absolute atomic E-state index is 0.414. The average molecular weight is 292 g/mol. The Balaban J connectivity index is 1.65. The topological polar surface area (TPSA) is 50.7 Å². The molecule has 0 spiro atoms. The van der Waals surface area contributed by atoms with Crippen LogP contribution in [-0.2, 0) is 0 Å². The van der Waals surface area contributed by atoms with Gasteiger partial charge in [-0.1, -0.05) is 23.8 Å². The Morgan fingerprint density at radius 2 is 2.26 bits per heavy atom. The van der Waals surface area contributed by atoms with Crippen LogP contribution in [-0.4, -0.2) is 32.7 Å². The summed E-state index contributed by atoms with van der Waals surface area (Å²) in [5, 5.41) is 13.6. The minimum Gasteiger partial charge on any atom is -0.359 e. The zero-order valence-electron chi connectivity index (χ0n) is 10.8. The van der Waals surface area contributed by atoms with Crippen LogP contribution in [0.5, 0.6) is 0 Å². The number of anilines is 1. The van der Waals surface area contributed by atoms with Gasteiger partial charge in [-0.25, -0.2) is 0 Å². The summed E-state index contributed by atoms with van der Waals surface area (Å²) < 4.78 is 0.414. The number of aromatic nitrogens is 3. The second-order valence-corrected chi connectivity index (χ2v) is 6.97. The smallest absolute Gasteiger partial charge is 0.206 e. The average Bonchev–Trinajstić information content (AvgIpc) is 2.88. The van der Waals surface area contributed by atoms with E-state index >= 15 is 0 Å². The molecule has 0 aromatic carbocycles. The summed E-state index contributed by atoms with van der Waals surface area (Å²) in [5.41, 5.74) is 0.885. The molecule has 100 valence electrons. The summed E-state index contributed by atoms with van der Waals surface area (Å²) in [5.74, 6) is 0. The highest BCUT2D eigenvalue weighted by Gasteiger charge is 2.36. The molecule has 19 heavy (non-hydrogen) atoms. The Hall–Kier alpha value is -1.14. The number of pyridine rings is 1. The van der Waals surface area contributed by atoms with Gasteiger partial charge in [0, 0.05) is 17.5 Å². The summed E-state index contributed by atoms with van der Waals surface area (Å²) in [6, 6.07) is 5.83. The van der Waals surface area contributed by atoms with E-state index < -0.39 is 0 Å². The Bertz CT molecular complexity index is 531. The van der Waals surface area contributed by atoms with Crippen LogP contribution in [0.25, 0.3) is 10.7 Å². The van der Waals surface area contributed by atoms with Gasteiger partial charge >= 0.3 is 0 Å². The normalized spacial score (nSPS) is 16.9. The monoisotopic (exact) mass is 292 g/mol. The van der Waals surface area contributed by atoms with Gasteiger partial charge in [-0.3, -0.25) is 4.98 Å². The lowest BCUT2D eigenvalue weighted by molar-refractivity contribution is 0.380. The van der Waals surface area contributed by atoms with E-state index in [1.165, 1.54) is 19.3 Å². The number of hydrogen-bond donors (Lipinski definition) is 1. The van der Waals surface area contributed by atoms with Gasteiger partial charge in [-0.2, -0.15) is 11.8 Å². The lowest BCUT2D eigenvalue weighted by Gasteiger charge is -2.40. The summed E-state index contributed by atoms with van der Waals surface area (Å²) in [6.07, 6.45) is 7.92. The molecule has 0 saturated heterocycles. The third-order valence-corrected chi connectivity index (χ3v) is 5.89. The zero-order chi connectivity index (χ0) is 13.1. The maximum absolute atomic E-state index is 4.29. The van der Waals surface area contributed by atoms with Crippen molar-refractivity contribution in [3.63, 3.8) is 0 Å². The maximum atomic E-state index is 4.29. The first-order valence-corrected chi connectivity index (χ1v) is 8.39. The molecule has 2 heterocycles. The van der Waals surface area contributed by atoms with Gasteiger partial charge in [-0.15, -0.1) is 10.2 Å². The predicted octanol–water partition coefficient (Wildman–Crippen LogP) is 3.30. The van der Waals surface area contributed by atoms with Gasteiger partial charge in [0.1, 0.15) is 5.69 Å². The Morgan fingerprint density at radius 3 is 2.89 bits per heavy atom. The van der Waals surface area contributed by atoms with E-state index in [0.29, 0.717) is 4.75 Å². The highest BCUT2D eigenvalue weighted by molar-refractivity contribution is 8.00. The molecule has 1 saturated carbocycles. The summed E-state index contributed by atoms with van der Waals surface area (Å²) >= 11 is 3.53. The van der Waals surface area contributed by atoms with E-state index in [-0.39, 0.29) is 0 Å². The Kier molecular flexibility index (Phi) is 3.70. The zero-order valence-corrected chi connectivity index (χ0v) is 12.4. The van der Waals surface area contributed by atoms with Crippen molar-refractivity contribution in [1.82, 2.24) is 15.2 Å². The van der Waals surface area contributed by atoms with E-state index in [0.717, 1.165) is 22.4 Å². The van der Waals surface area contributed by atoms with E-state index in [1.54, 1.807) is 17.5 Å². The van der Waals surface area contributed by atoms with E-state index in [1.807, 2.05) is 30.0 Å².